The van der Waals surface area contributed by atoms with Crippen LogP contribution in [0.5, 0.6) is 0 Å². The summed E-state index contributed by atoms with van der Waals surface area (Å²) in [5.74, 6) is 0.836. The zero-order valence-corrected chi connectivity index (χ0v) is 9.36. The average molecular weight is 252 g/mol. The molecule has 72 valence electrons. The highest BCUT2D eigenvalue weighted by atomic mass is 79.9. The van der Waals surface area contributed by atoms with E-state index in [1.807, 2.05) is 48.3 Å². The monoisotopic (exact) mass is 251 g/mol. The van der Waals surface area contributed by atoms with Crippen LogP contribution < -0.4 is 4.90 Å². The molecule has 0 fully saturated rings. The van der Waals surface area contributed by atoms with Gasteiger partial charge < -0.3 is 9.32 Å². The number of furan rings is 1. The fraction of sp³-hybridized carbons (Fsp3) is 0.0909. The lowest BCUT2D eigenvalue weighted by Gasteiger charge is -2.15. The lowest BCUT2D eigenvalue weighted by atomic mass is 10.3. The van der Waals surface area contributed by atoms with E-state index >= 15 is 0 Å². The van der Waals surface area contributed by atoms with Crippen LogP contribution in [-0.4, -0.2) is 7.05 Å². The number of hydrogen-bond acceptors (Lipinski definition) is 2. The Balaban J connectivity index is 2.32. The molecule has 3 heteroatoms. The van der Waals surface area contributed by atoms with Crippen molar-refractivity contribution in [2.24, 2.45) is 0 Å². The molecule has 0 atom stereocenters. The third-order valence-electron chi connectivity index (χ3n) is 2.03. The SMILES string of the molecule is CN(c1cccc(Br)c1)c1ccco1. The van der Waals surface area contributed by atoms with Crippen molar-refractivity contribution in [2.75, 3.05) is 11.9 Å². The number of halogens is 1. The minimum absolute atomic E-state index is 0.836. The molecule has 0 aliphatic heterocycles. The first kappa shape index (κ1) is 9.34. The van der Waals surface area contributed by atoms with Crippen LogP contribution in [0.1, 0.15) is 0 Å². The largest absolute Gasteiger partial charge is 0.448 e. The zero-order valence-electron chi connectivity index (χ0n) is 7.77. The van der Waals surface area contributed by atoms with Gasteiger partial charge >= 0.3 is 0 Å². The first-order chi connectivity index (χ1) is 6.77. The van der Waals surface area contributed by atoms with Crippen LogP contribution in [-0.2, 0) is 0 Å². The van der Waals surface area contributed by atoms with Gasteiger partial charge in [0.05, 0.1) is 6.26 Å². The lowest BCUT2D eigenvalue weighted by molar-refractivity contribution is 0.570. The van der Waals surface area contributed by atoms with Gasteiger partial charge in [-0.05, 0) is 24.3 Å². The third-order valence-corrected chi connectivity index (χ3v) is 2.53. The van der Waals surface area contributed by atoms with Gasteiger partial charge in [0.1, 0.15) is 0 Å². The van der Waals surface area contributed by atoms with E-state index in [4.69, 9.17) is 4.42 Å². The van der Waals surface area contributed by atoms with E-state index < -0.39 is 0 Å². The highest BCUT2D eigenvalue weighted by Crippen LogP contribution is 2.25. The van der Waals surface area contributed by atoms with Crippen molar-refractivity contribution in [3.63, 3.8) is 0 Å². The Bertz CT molecular complexity index is 411. The zero-order chi connectivity index (χ0) is 9.97. The maximum atomic E-state index is 5.30. The van der Waals surface area contributed by atoms with E-state index in [-0.39, 0.29) is 0 Å². The van der Waals surface area contributed by atoms with Gasteiger partial charge in [0.15, 0.2) is 5.88 Å². The Hall–Kier alpha value is -1.22. The number of nitrogens with zero attached hydrogens (tertiary/aromatic N) is 1. The van der Waals surface area contributed by atoms with Crippen LogP contribution in [0.4, 0.5) is 11.6 Å². The van der Waals surface area contributed by atoms with Crippen molar-refractivity contribution in [3.8, 4) is 0 Å². The minimum Gasteiger partial charge on any atom is -0.448 e. The van der Waals surface area contributed by atoms with Crippen LogP contribution in [0, 0.1) is 0 Å². The highest BCUT2D eigenvalue weighted by molar-refractivity contribution is 9.10. The fourth-order valence-electron chi connectivity index (χ4n) is 1.27. The summed E-state index contributed by atoms with van der Waals surface area (Å²) in [7, 11) is 1.97. The van der Waals surface area contributed by atoms with Gasteiger partial charge in [-0.25, -0.2) is 0 Å². The summed E-state index contributed by atoms with van der Waals surface area (Å²) in [6, 6.07) is 11.9. The van der Waals surface area contributed by atoms with Crippen LogP contribution >= 0.6 is 15.9 Å². The van der Waals surface area contributed by atoms with Gasteiger partial charge in [0.25, 0.3) is 0 Å². The number of hydrogen-bond donors (Lipinski definition) is 0. The summed E-state index contributed by atoms with van der Waals surface area (Å²) in [6.45, 7) is 0. The van der Waals surface area contributed by atoms with Crippen molar-refractivity contribution in [1.82, 2.24) is 0 Å². The summed E-state index contributed by atoms with van der Waals surface area (Å²) in [5.41, 5.74) is 1.09. The second-order valence-corrected chi connectivity index (χ2v) is 3.91. The molecule has 0 saturated heterocycles. The average Bonchev–Trinajstić information content (AvgIpc) is 2.69. The quantitative estimate of drug-likeness (QED) is 0.808. The van der Waals surface area contributed by atoms with Gasteiger partial charge in [0.2, 0.25) is 0 Å². The topological polar surface area (TPSA) is 16.4 Å². The Morgan fingerprint density at radius 3 is 2.71 bits per heavy atom. The number of rotatable bonds is 2. The second kappa shape index (κ2) is 3.88. The summed E-state index contributed by atoms with van der Waals surface area (Å²) < 4.78 is 6.36. The van der Waals surface area contributed by atoms with Crippen LogP contribution in [0.2, 0.25) is 0 Å². The Kier molecular flexibility index (Phi) is 2.59. The molecule has 0 unspecified atom stereocenters. The van der Waals surface area contributed by atoms with E-state index in [2.05, 4.69) is 15.9 Å². The van der Waals surface area contributed by atoms with E-state index in [0.717, 1.165) is 16.0 Å². The molecule has 0 amide bonds. The molecule has 1 heterocycles. The van der Waals surface area contributed by atoms with Gasteiger partial charge in [-0.15, -0.1) is 0 Å². The molecule has 0 aliphatic rings. The molecule has 14 heavy (non-hydrogen) atoms. The van der Waals surface area contributed by atoms with Crippen LogP contribution in [0.3, 0.4) is 0 Å². The summed E-state index contributed by atoms with van der Waals surface area (Å²) >= 11 is 3.44. The smallest absolute Gasteiger partial charge is 0.199 e. The summed E-state index contributed by atoms with van der Waals surface area (Å²) in [4.78, 5) is 1.99. The first-order valence-corrected chi connectivity index (χ1v) is 5.09. The molecule has 0 spiro atoms. The van der Waals surface area contributed by atoms with Crippen molar-refractivity contribution in [3.05, 3.63) is 47.1 Å². The van der Waals surface area contributed by atoms with Crippen molar-refractivity contribution < 1.29 is 4.42 Å². The Labute approximate surface area is 91.3 Å². The summed E-state index contributed by atoms with van der Waals surface area (Å²) in [5, 5.41) is 0. The molecule has 1 aromatic heterocycles. The molecule has 0 aliphatic carbocycles. The molecule has 2 rings (SSSR count). The first-order valence-electron chi connectivity index (χ1n) is 4.30. The maximum Gasteiger partial charge on any atom is 0.199 e. The number of benzene rings is 1. The standard InChI is InChI=1S/C11H10BrNO/c1-13(11-6-3-7-14-11)10-5-2-4-9(12)8-10/h2-8H,1H3. The predicted molar refractivity (Wildman–Crippen MR) is 60.9 cm³/mol. The van der Waals surface area contributed by atoms with Crippen LogP contribution in [0.15, 0.2) is 51.6 Å². The molecule has 0 radical (unpaired) electrons. The molecule has 0 bridgehead atoms. The second-order valence-electron chi connectivity index (χ2n) is 2.99. The van der Waals surface area contributed by atoms with Gasteiger partial charge in [0, 0.05) is 23.3 Å². The van der Waals surface area contributed by atoms with E-state index in [1.54, 1.807) is 6.26 Å². The molecule has 2 nitrogen and oxygen atoms in total. The van der Waals surface area contributed by atoms with E-state index in [0.29, 0.717) is 0 Å². The number of anilines is 2. The van der Waals surface area contributed by atoms with Crippen molar-refractivity contribution in [2.45, 2.75) is 0 Å². The van der Waals surface area contributed by atoms with Crippen LogP contribution in [0.25, 0.3) is 0 Å². The molecule has 0 N–H and O–H groups in total. The van der Waals surface area contributed by atoms with E-state index in [9.17, 15) is 0 Å². The summed E-state index contributed by atoms with van der Waals surface area (Å²) in [6.07, 6.45) is 1.67. The molecule has 1 aromatic carbocycles. The Morgan fingerprint density at radius 1 is 1.21 bits per heavy atom. The Morgan fingerprint density at radius 2 is 2.07 bits per heavy atom. The van der Waals surface area contributed by atoms with Gasteiger partial charge in [-0.1, -0.05) is 22.0 Å². The normalized spacial score (nSPS) is 10.1. The van der Waals surface area contributed by atoms with Crippen molar-refractivity contribution in [1.29, 1.82) is 0 Å². The lowest BCUT2D eigenvalue weighted by Crippen LogP contribution is -2.07. The fourth-order valence-corrected chi connectivity index (χ4v) is 1.66. The van der Waals surface area contributed by atoms with Gasteiger partial charge in [-0.2, -0.15) is 0 Å². The van der Waals surface area contributed by atoms with E-state index in [1.165, 1.54) is 0 Å². The molecular weight excluding hydrogens is 242 g/mol. The van der Waals surface area contributed by atoms with Gasteiger partial charge in [-0.3, -0.25) is 0 Å². The third kappa shape index (κ3) is 1.82. The van der Waals surface area contributed by atoms with Crippen molar-refractivity contribution >= 4 is 27.5 Å². The maximum absolute atomic E-state index is 5.30. The molecule has 0 saturated carbocycles. The minimum atomic E-state index is 0.836. The highest BCUT2D eigenvalue weighted by Gasteiger charge is 2.05. The molecular formula is C11H10BrNO. The molecule has 2 aromatic rings. The predicted octanol–water partition coefficient (Wildman–Crippen LogP) is 3.81.